The van der Waals surface area contributed by atoms with Crippen molar-refractivity contribution >= 4 is 0 Å². The Bertz CT molecular complexity index is 958. The highest BCUT2D eigenvalue weighted by Crippen LogP contribution is 2.37. The Morgan fingerprint density at radius 2 is 2.15 bits per heavy atom. The Kier molecular flexibility index (Phi) is 4.52. The predicted molar refractivity (Wildman–Crippen MR) is 105 cm³/mol. The molecular formula is C21H27N5O. The minimum absolute atomic E-state index is 0.0734. The Hall–Kier alpha value is -2.60. The van der Waals surface area contributed by atoms with Gasteiger partial charge in [-0.1, -0.05) is 6.08 Å². The summed E-state index contributed by atoms with van der Waals surface area (Å²) in [6.45, 7) is 14.6. The number of aryl methyl sites for hydroxylation is 3. The molecule has 4 heterocycles. The van der Waals surface area contributed by atoms with E-state index < -0.39 is 0 Å². The van der Waals surface area contributed by atoms with Gasteiger partial charge in [0.05, 0.1) is 36.8 Å². The van der Waals surface area contributed by atoms with E-state index in [1.54, 1.807) is 6.33 Å². The van der Waals surface area contributed by atoms with E-state index in [4.69, 9.17) is 9.52 Å². The molecule has 0 fully saturated rings. The first kappa shape index (κ1) is 17.8. The van der Waals surface area contributed by atoms with Crippen LogP contribution in [-0.2, 0) is 19.5 Å². The summed E-state index contributed by atoms with van der Waals surface area (Å²) in [5.41, 5.74) is 6.98. The topological polar surface area (TPSA) is 62.9 Å². The highest BCUT2D eigenvalue weighted by atomic mass is 16.3. The summed E-state index contributed by atoms with van der Waals surface area (Å²) in [6, 6.07) is 2.22. The maximum atomic E-state index is 5.97. The van der Waals surface area contributed by atoms with Crippen molar-refractivity contribution in [3.63, 3.8) is 0 Å². The zero-order valence-electron chi connectivity index (χ0n) is 16.5. The van der Waals surface area contributed by atoms with Gasteiger partial charge in [0.2, 0.25) is 0 Å². The van der Waals surface area contributed by atoms with E-state index in [2.05, 4.69) is 48.3 Å². The third kappa shape index (κ3) is 3.04. The number of imidazole rings is 1. The molecule has 6 nitrogen and oxygen atoms in total. The number of nitrogens with zero attached hydrogens (tertiary/aromatic N) is 4. The number of allylic oxidation sites excluding steroid dienone is 1. The average Bonchev–Trinajstić information content (AvgIpc) is 3.29. The van der Waals surface area contributed by atoms with E-state index in [0.29, 0.717) is 6.54 Å². The van der Waals surface area contributed by atoms with Gasteiger partial charge >= 0.3 is 0 Å². The largest absolute Gasteiger partial charge is 0.465 e. The van der Waals surface area contributed by atoms with Crippen molar-refractivity contribution in [3.8, 4) is 0 Å². The lowest BCUT2D eigenvalue weighted by atomic mass is 9.94. The second-order valence-corrected chi connectivity index (χ2v) is 7.40. The number of hydrogen-bond acceptors (Lipinski definition) is 4. The fourth-order valence-corrected chi connectivity index (χ4v) is 4.15. The first-order chi connectivity index (χ1) is 13.0. The summed E-state index contributed by atoms with van der Waals surface area (Å²) in [4.78, 5) is 10.5. The van der Waals surface area contributed by atoms with E-state index in [0.717, 1.165) is 42.4 Å². The minimum atomic E-state index is 0.0734. The van der Waals surface area contributed by atoms with Crippen LogP contribution < -0.4 is 0 Å². The Labute approximate surface area is 159 Å². The van der Waals surface area contributed by atoms with Crippen LogP contribution in [-0.4, -0.2) is 31.2 Å². The molecule has 0 saturated heterocycles. The third-order valence-corrected chi connectivity index (χ3v) is 5.61. The van der Waals surface area contributed by atoms with Crippen LogP contribution in [0.2, 0.25) is 0 Å². The van der Waals surface area contributed by atoms with Crippen LogP contribution in [0.4, 0.5) is 0 Å². The van der Waals surface area contributed by atoms with Crippen molar-refractivity contribution in [2.75, 3.05) is 6.54 Å². The van der Waals surface area contributed by atoms with Crippen molar-refractivity contribution in [1.82, 2.24) is 24.6 Å². The molecule has 0 spiro atoms. The lowest BCUT2D eigenvalue weighted by molar-refractivity contribution is 0.183. The average molecular weight is 365 g/mol. The summed E-state index contributed by atoms with van der Waals surface area (Å²) >= 11 is 0. The number of H-pyrrole nitrogens is 1. The van der Waals surface area contributed by atoms with Crippen LogP contribution in [0, 0.1) is 27.7 Å². The summed E-state index contributed by atoms with van der Waals surface area (Å²) < 4.78 is 8.00. The molecule has 0 amide bonds. The van der Waals surface area contributed by atoms with Gasteiger partial charge < -0.3 is 9.40 Å². The van der Waals surface area contributed by atoms with Gasteiger partial charge in [-0.15, -0.1) is 6.58 Å². The smallest absolute Gasteiger partial charge is 0.118 e. The van der Waals surface area contributed by atoms with E-state index in [1.807, 2.05) is 17.7 Å². The van der Waals surface area contributed by atoms with Crippen LogP contribution in [0.3, 0.4) is 0 Å². The summed E-state index contributed by atoms with van der Waals surface area (Å²) in [6.07, 6.45) is 4.65. The minimum Gasteiger partial charge on any atom is -0.465 e. The predicted octanol–water partition coefficient (Wildman–Crippen LogP) is 3.77. The Morgan fingerprint density at radius 1 is 1.33 bits per heavy atom. The highest BCUT2D eigenvalue weighted by molar-refractivity contribution is 5.38. The molecule has 1 aliphatic heterocycles. The number of aromatic nitrogens is 4. The fourth-order valence-electron chi connectivity index (χ4n) is 4.15. The standard InChI is InChI=1S/C21H27N5O/c1-6-8-26-15(4)19(14(3)24-26)21-20-18(22-12-23-20)7-9-25(21)11-17-10-13(2)16(5)27-17/h6,10,12,21H,1,7-9,11H2,2-5H3,(H,22,23)/t21-/m1/s1. The molecule has 0 saturated carbocycles. The zero-order valence-corrected chi connectivity index (χ0v) is 16.5. The van der Waals surface area contributed by atoms with Gasteiger partial charge in [-0.25, -0.2) is 4.98 Å². The summed E-state index contributed by atoms with van der Waals surface area (Å²) in [5, 5.41) is 4.75. The number of hydrogen-bond donors (Lipinski definition) is 1. The third-order valence-electron chi connectivity index (χ3n) is 5.61. The first-order valence-electron chi connectivity index (χ1n) is 9.46. The van der Waals surface area contributed by atoms with Crippen molar-refractivity contribution in [1.29, 1.82) is 0 Å². The molecule has 3 aromatic heterocycles. The molecule has 0 aliphatic carbocycles. The molecule has 6 heteroatoms. The van der Waals surface area contributed by atoms with Crippen LogP contribution in [0.25, 0.3) is 0 Å². The molecule has 3 aromatic rings. The number of nitrogens with one attached hydrogen (secondary N) is 1. The zero-order chi connectivity index (χ0) is 19.1. The first-order valence-corrected chi connectivity index (χ1v) is 9.46. The number of fused-ring (bicyclic) bond motifs is 1. The van der Waals surface area contributed by atoms with Gasteiger partial charge in [-0.05, 0) is 39.3 Å². The van der Waals surface area contributed by atoms with Gasteiger partial charge in [0, 0.05) is 29.9 Å². The summed E-state index contributed by atoms with van der Waals surface area (Å²) in [5.74, 6) is 1.99. The number of furan rings is 1. The number of rotatable bonds is 5. The molecule has 4 rings (SSSR count). The quantitative estimate of drug-likeness (QED) is 0.699. The summed E-state index contributed by atoms with van der Waals surface area (Å²) in [7, 11) is 0. The Morgan fingerprint density at radius 3 is 2.85 bits per heavy atom. The molecule has 0 unspecified atom stereocenters. The molecule has 0 aromatic carbocycles. The van der Waals surface area contributed by atoms with Crippen LogP contribution in [0.15, 0.2) is 29.5 Å². The van der Waals surface area contributed by atoms with E-state index >= 15 is 0 Å². The van der Waals surface area contributed by atoms with Gasteiger partial charge in [-0.3, -0.25) is 9.58 Å². The van der Waals surface area contributed by atoms with Gasteiger partial charge in [0.25, 0.3) is 0 Å². The normalized spacial score (nSPS) is 17.3. The van der Waals surface area contributed by atoms with Crippen molar-refractivity contribution in [3.05, 3.63) is 70.5 Å². The second-order valence-electron chi connectivity index (χ2n) is 7.40. The monoisotopic (exact) mass is 365 g/mol. The van der Waals surface area contributed by atoms with Gasteiger partial charge in [0.15, 0.2) is 0 Å². The van der Waals surface area contributed by atoms with Gasteiger partial charge in [0.1, 0.15) is 11.5 Å². The van der Waals surface area contributed by atoms with E-state index in [-0.39, 0.29) is 6.04 Å². The van der Waals surface area contributed by atoms with Crippen LogP contribution in [0.5, 0.6) is 0 Å². The van der Waals surface area contributed by atoms with Crippen molar-refractivity contribution in [2.24, 2.45) is 0 Å². The maximum Gasteiger partial charge on any atom is 0.118 e. The lowest BCUT2D eigenvalue weighted by Crippen LogP contribution is -2.36. The van der Waals surface area contributed by atoms with Crippen molar-refractivity contribution in [2.45, 2.75) is 53.2 Å². The Balaban J connectivity index is 1.77. The fraction of sp³-hybridized carbons (Fsp3) is 0.429. The number of aromatic amines is 1. The van der Waals surface area contributed by atoms with Crippen molar-refractivity contribution < 1.29 is 4.42 Å². The SMILES string of the molecule is C=CCn1nc(C)c([C@@H]2c3nc[nH]c3CCN2Cc2cc(C)c(C)o2)c1C. The van der Waals surface area contributed by atoms with E-state index in [1.165, 1.54) is 22.5 Å². The molecule has 0 bridgehead atoms. The molecular weight excluding hydrogens is 338 g/mol. The molecule has 1 atom stereocenters. The molecule has 0 radical (unpaired) electrons. The van der Waals surface area contributed by atoms with Gasteiger partial charge in [-0.2, -0.15) is 5.10 Å². The van der Waals surface area contributed by atoms with Crippen LogP contribution in [0.1, 0.15) is 51.5 Å². The second kappa shape index (κ2) is 6.85. The maximum absolute atomic E-state index is 5.97. The molecule has 27 heavy (non-hydrogen) atoms. The van der Waals surface area contributed by atoms with E-state index in [9.17, 15) is 0 Å². The van der Waals surface area contributed by atoms with Crippen LogP contribution >= 0.6 is 0 Å². The highest BCUT2D eigenvalue weighted by Gasteiger charge is 2.35. The molecule has 142 valence electrons. The lowest BCUT2D eigenvalue weighted by Gasteiger charge is -2.34. The molecule has 1 aliphatic rings. The molecule has 1 N–H and O–H groups in total.